The molecule has 1 saturated carbocycles. The minimum absolute atomic E-state index is 0.234. The van der Waals surface area contributed by atoms with E-state index in [0.717, 1.165) is 33.5 Å². The molecule has 0 radical (unpaired) electrons. The second-order valence-electron chi connectivity index (χ2n) is 8.91. The Morgan fingerprint density at radius 3 is 2.65 bits per heavy atom. The van der Waals surface area contributed by atoms with Gasteiger partial charge in [-0.2, -0.15) is 4.31 Å². The van der Waals surface area contributed by atoms with Crippen LogP contribution < -0.4 is 5.32 Å². The van der Waals surface area contributed by atoms with E-state index >= 15 is 0 Å². The predicted octanol–water partition coefficient (Wildman–Crippen LogP) is 5.68. The van der Waals surface area contributed by atoms with Crippen LogP contribution in [0.4, 0.5) is 0 Å². The first-order valence-electron chi connectivity index (χ1n) is 11.6. The maximum absolute atomic E-state index is 12.8. The molecule has 2 aromatic heterocycles. The Balaban J connectivity index is 1.63. The number of benzene rings is 1. The number of hydrogen-bond donors (Lipinski definition) is 2. The minimum Gasteiger partial charge on any atom is -0.437 e. The minimum atomic E-state index is -2.09. The van der Waals surface area contributed by atoms with Gasteiger partial charge < -0.3 is 9.73 Å². The van der Waals surface area contributed by atoms with Crippen molar-refractivity contribution in [1.82, 2.24) is 14.6 Å². The molecule has 1 atom stereocenters. The lowest BCUT2D eigenvalue weighted by molar-refractivity contribution is 0.0964. The van der Waals surface area contributed by atoms with Crippen LogP contribution in [0, 0.1) is 16.4 Å². The van der Waals surface area contributed by atoms with Gasteiger partial charge in [-0.15, -0.1) is 0 Å². The fraction of sp³-hybridized carbons (Fsp3) is 0.440. The zero-order valence-electron chi connectivity index (χ0n) is 19.5. The summed E-state index contributed by atoms with van der Waals surface area (Å²) in [4.78, 5) is 17.4. The van der Waals surface area contributed by atoms with Gasteiger partial charge in [0.2, 0.25) is 17.0 Å². The third-order valence-corrected chi connectivity index (χ3v) is 8.21. The molecule has 2 heterocycles. The molecule has 1 amide bonds. The highest BCUT2D eigenvalue weighted by Gasteiger charge is 2.25. The fourth-order valence-corrected chi connectivity index (χ4v) is 5.76. The predicted molar refractivity (Wildman–Crippen MR) is 143 cm³/mol. The smallest absolute Gasteiger partial charge is 0.255 e. The number of carbonyl (C=O) groups excluding carboxylic acids is 1. The summed E-state index contributed by atoms with van der Waals surface area (Å²) in [5.41, 5.74) is 3.35. The number of halogens is 1. The summed E-state index contributed by atoms with van der Waals surface area (Å²) in [6.07, 6.45) is 7.11. The van der Waals surface area contributed by atoms with Crippen LogP contribution in [-0.4, -0.2) is 37.6 Å². The van der Waals surface area contributed by atoms with Gasteiger partial charge in [-0.25, -0.2) is 9.19 Å². The van der Waals surface area contributed by atoms with E-state index in [1.165, 1.54) is 30.0 Å². The molecule has 0 bridgehead atoms. The molecular formula is C25H30IN3O4S. The van der Waals surface area contributed by atoms with E-state index in [2.05, 4.69) is 32.9 Å². The van der Waals surface area contributed by atoms with Crippen molar-refractivity contribution in [3.05, 3.63) is 50.7 Å². The largest absolute Gasteiger partial charge is 0.437 e. The lowest BCUT2D eigenvalue weighted by atomic mass is 10.0. The third kappa shape index (κ3) is 5.69. The second kappa shape index (κ2) is 11.3. The van der Waals surface area contributed by atoms with Crippen LogP contribution in [0.15, 0.2) is 34.7 Å². The summed E-state index contributed by atoms with van der Waals surface area (Å²) in [6.45, 7) is 2.77. The molecule has 1 aliphatic carbocycles. The van der Waals surface area contributed by atoms with Crippen molar-refractivity contribution in [3.8, 4) is 11.3 Å². The van der Waals surface area contributed by atoms with Crippen molar-refractivity contribution in [2.75, 3.05) is 13.6 Å². The number of rotatable bonds is 9. The normalized spacial score (nSPS) is 15.3. The number of carbonyl (C=O) groups is 1. The molecule has 4 rings (SSSR count). The lowest BCUT2D eigenvalue weighted by Crippen LogP contribution is -2.27. The topological polar surface area (TPSA) is 95.7 Å². The summed E-state index contributed by atoms with van der Waals surface area (Å²) in [5.74, 6) is 0.966. The SMILES string of the molecule is CNC(=O)c1c(-c2ccc(C)cc2)oc2nc(CN(CCCC3CCCC3)S(=O)O)c(I)cc12. The molecule has 7 nitrogen and oxygen atoms in total. The van der Waals surface area contributed by atoms with E-state index in [1.54, 1.807) is 7.05 Å². The van der Waals surface area contributed by atoms with Crippen molar-refractivity contribution in [1.29, 1.82) is 0 Å². The Labute approximate surface area is 216 Å². The Morgan fingerprint density at radius 2 is 2.00 bits per heavy atom. The van der Waals surface area contributed by atoms with Gasteiger partial charge in [0.05, 0.1) is 23.2 Å². The van der Waals surface area contributed by atoms with Crippen LogP contribution in [0.3, 0.4) is 0 Å². The van der Waals surface area contributed by atoms with Gasteiger partial charge in [0.25, 0.3) is 5.91 Å². The molecule has 0 aliphatic heterocycles. The molecule has 3 aromatic rings. The Kier molecular flexibility index (Phi) is 8.39. The number of hydrogen-bond acceptors (Lipinski definition) is 4. The molecular weight excluding hydrogens is 565 g/mol. The molecule has 34 heavy (non-hydrogen) atoms. The first-order chi connectivity index (χ1) is 16.4. The molecule has 182 valence electrons. The first kappa shape index (κ1) is 25.3. The number of pyridine rings is 1. The van der Waals surface area contributed by atoms with Crippen molar-refractivity contribution < 1.29 is 18.0 Å². The quantitative estimate of drug-likeness (QED) is 0.245. The van der Waals surface area contributed by atoms with Gasteiger partial charge in [0, 0.05) is 22.7 Å². The summed E-state index contributed by atoms with van der Waals surface area (Å²) in [7, 11) is 1.59. The number of amides is 1. The average Bonchev–Trinajstić information content (AvgIpc) is 3.46. The number of nitrogens with one attached hydrogen (secondary N) is 1. The van der Waals surface area contributed by atoms with Crippen molar-refractivity contribution in [2.45, 2.75) is 52.0 Å². The van der Waals surface area contributed by atoms with Crippen molar-refractivity contribution in [3.63, 3.8) is 0 Å². The molecule has 1 fully saturated rings. The molecule has 1 aliphatic rings. The van der Waals surface area contributed by atoms with Gasteiger partial charge in [0.15, 0.2) is 0 Å². The third-order valence-electron chi connectivity index (χ3n) is 6.52. The molecule has 1 unspecified atom stereocenters. The van der Waals surface area contributed by atoms with Crippen LogP contribution in [0.25, 0.3) is 22.4 Å². The molecule has 2 N–H and O–H groups in total. The lowest BCUT2D eigenvalue weighted by Gasteiger charge is -2.19. The van der Waals surface area contributed by atoms with Crippen LogP contribution in [-0.2, 0) is 17.8 Å². The highest BCUT2D eigenvalue weighted by molar-refractivity contribution is 14.1. The highest BCUT2D eigenvalue weighted by Crippen LogP contribution is 2.35. The van der Waals surface area contributed by atoms with Crippen LogP contribution >= 0.6 is 22.6 Å². The monoisotopic (exact) mass is 595 g/mol. The standard InChI is InChI=1S/C25H30IN3O4S/c1-16-9-11-18(12-10-16)23-22(24(30)27-2)19-14-20(26)21(28-25(19)33-23)15-29(34(31)32)13-5-8-17-6-3-4-7-17/h9-12,14,17H,3-8,13,15H2,1-2H3,(H,27,30)(H,31,32). The van der Waals surface area contributed by atoms with Gasteiger partial charge in [0.1, 0.15) is 5.76 Å². The number of furan rings is 1. The van der Waals surface area contributed by atoms with Crippen LogP contribution in [0.1, 0.15) is 60.1 Å². The zero-order chi connectivity index (χ0) is 24.2. The Bertz CT molecular complexity index is 1190. The molecule has 0 saturated heterocycles. The number of aromatic nitrogens is 1. The molecule has 1 aromatic carbocycles. The Hall–Kier alpha value is -1.82. The van der Waals surface area contributed by atoms with Gasteiger partial charge >= 0.3 is 0 Å². The second-order valence-corrected chi connectivity index (χ2v) is 11.0. The van der Waals surface area contributed by atoms with Gasteiger partial charge in [-0.05, 0) is 54.3 Å². The maximum atomic E-state index is 12.8. The van der Waals surface area contributed by atoms with E-state index in [9.17, 15) is 13.6 Å². The number of fused-ring (bicyclic) bond motifs is 1. The van der Waals surface area contributed by atoms with E-state index in [1.807, 2.05) is 37.3 Å². The summed E-state index contributed by atoms with van der Waals surface area (Å²) >= 11 is 0.0777. The maximum Gasteiger partial charge on any atom is 0.255 e. The summed E-state index contributed by atoms with van der Waals surface area (Å²) in [6, 6.07) is 9.66. The van der Waals surface area contributed by atoms with Crippen molar-refractivity contribution >= 4 is 50.9 Å². The fourth-order valence-electron chi connectivity index (χ4n) is 4.64. The Morgan fingerprint density at radius 1 is 1.29 bits per heavy atom. The van der Waals surface area contributed by atoms with Crippen molar-refractivity contribution in [2.24, 2.45) is 5.92 Å². The van der Waals surface area contributed by atoms with E-state index in [0.29, 0.717) is 34.7 Å². The molecule has 9 heteroatoms. The van der Waals surface area contributed by atoms with Gasteiger partial charge in [-0.3, -0.25) is 9.35 Å². The van der Waals surface area contributed by atoms with E-state index < -0.39 is 11.3 Å². The van der Waals surface area contributed by atoms with Crippen LogP contribution in [0.5, 0.6) is 0 Å². The summed E-state index contributed by atoms with van der Waals surface area (Å²) < 4.78 is 30.4. The highest BCUT2D eigenvalue weighted by atomic mass is 127. The first-order valence-corrected chi connectivity index (χ1v) is 13.8. The average molecular weight is 596 g/mol. The zero-order valence-corrected chi connectivity index (χ0v) is 22.4. The van der Waals surface area contributed by atoms with Gasteiger partial charge in [-0.1, -0.05) is 55.5 Å². The molecule has 0 spiro atoms. The summed E-state index contributed by atoms with van der Waals surface area (Å²) in [5, 5.41) is 3.32. The van der Waals surface area contributed by atoms with E-state index in [-0.39, 0.29) is 12.5 Å². The van der Waals surface area contributed by atoms with E-state index in [4.69, 9.17) is 4.42 Å². The number of aryl methyl sites for hydroxylation is 1. The number of nitrogens with zero attached hydrogens (tertiary/aromatic N) is 2. The van der Waals surface area contributed by atoms with Crippen LogP contribution in [0.2, 0.25) is 0 Å².